The summed E-state index contributed by atoms with van der Waals surface area (Å²) in [7, 11) is 0. The summed E-state index contributed by atoms with van der Waals surface area (Å²) in [6, 6.07) is 4.19. The maximum atomic E-state index is 13.3. The smallest absolute Gasteiger partial charge is 0.270 e. The van der Waals surface area contributed by atoms with Crippen LogP contribution in [-0.4, -0.2) is 71.8 Å². The van der Waals surface area contributed by atoms with Gasteiger partial charge >= 0.3 is 0 Å². The van der Waals surface area contributed by atoms with Crippen molar-refractivity contribution in [3.63, 3.8) is 0 Å². The molecular weight excluding hydrogens is 374 g/mol. The van der Waals surface area contributed by atoms with Crippen LogP contribution < -0.4 is 10.6 Å². The predicted molar refractivity (Wildman–Crippen MR) is 110 cm³/mol. The first-order valence-corrected chi connectivity index (χ1v) is 10.1. The zero-order chi connectivity index (χ0) is 21.1. The van der Waals surface area contributed by atoms with E-state index in [1.165, 1.54) is 12.1 Å². The molecule has 0 spiro atoms. The zero-order valence-corrected chi connectivity index (χ0v) is 17.0. The number of rotatable bonds is 5. The summed E-state index contributed by atoms with van der Waals surface area (Å²) < 4.78 is 0. The summed E-state index contributed by atoms with van der Waals surface area (Å²) >= 11 is 0. The molecule has 0 aromatic heterocycles. The Kier molecular flexibility index (Phi) is 6.36. The molecule has 0 bridgehead atoms. The Morgan fingerprint density at radius 3 is 2.31 bits per heavy atom. The Bertz CT molecular complexity index is 783. The van der Waals surface area contributed by atoms with Gasteiger partial charge in [-0.25, -0.2) is 0 Å². The molecule has 1 atom stereocenters. The molecule has 2 aliphatic rings. The zero-order valence-electron chi connectivity index (χ0n) is 17.0. The number of nitro benzene ring substituents is 1. The second-order valence-electron chi connectivity index (χ2n) is 8.03. The Labute approximate surface area is 170 Å². The number of piperazine rings is 1. The SMILES string of the molecule is CC1CCN(c2ccc([N+](=O)[O-])cc2C(=O)N2CCN(C(C)C(N)=O)CC2)CC1. The maximum absolute atomic E-state index is 13.3. The van der Waals surface area contributed by atoms with Crippen molar-refractivity contribution in [2.24, 2.45) is 11.7 Å². The van der Waals surface area contributed by atoms with E-state index in [1.54, 1.807) is 17.9 Å². The third kappa shape index (κ3) is 4.67. The van der Waals surface area contributed by atoms with E-state index in [0.717, 1.165) is 31.6 Å². The highest BCUT2D eigenvalue weighted by Crippen LogP contribution is 2.30. The predicted octanol–water partition coefficient (Wildman–Crippen LogP) is 1.46. The number of benzene rings is 1. The van der Waals surface area contributed by atoms with Crippen molar-refractivity contribution in [2.45, 2.75) is 32.7 Å². The fourth-order valence-corrected chi connectivity index (χ4v) is 4.00. The molecule has 2 heterocycles. The van der Waals surface area contributed by atoms with Gasteiger partial charge in [0.15, 0.2) is 0 Å². The van der Waals surface area contributed by atoms with Crippen LogP contribution in [-0.2, 0) is 4.79 Å². The Morgan fingerprint density at radius 1 is 1.14 bits per heavy atom. The van der Waals surface area contributed by atoms with Crippen LogP contribution in [0.15, 0.2) is 18.2 Å². The number of carbonyl (C=O) groups excluding carboxylic acids is 2. The van der Waals surface area contributed by atoms with E-state index in [2.05, 4.69) is 11.8 Å². The first-order chi connectivity index (χ1) is 13.8. The van der Waals surface area contributed by atoms with Crippen LogP contribution in [0.3, 0.4) is 0 Å². The van der Waals surface area contributed by atoms with Gasteiger partial charge in [-0.3, -0.25) is 24.6 Å². The van der Waals surface area contributed by atoms with Crippen molar-refractivity contribution in [3.8, 4) is 0 Å². The molecule has 9 heteroatoms. The molecule has 1 aromatic carbocycles. The van der Waals surface area contributed by atoms with Crippen LogP contribution in [0, 0.1) is 16.0 Å². The highest BCUT2D eigenvalue weighted by molar-refractivity contribution is 6.00. The molecule has 2 saturated heterocycles. The van der Waals surface area contributed by atoms with Gasteiger partial charge in [0, 0.05) is 51.4 Å². The third-order valence-corrected chi connectivity index (χ3v) is 6.11. The minimum absolute atomic E-state index is 0.0801. The molecule has 9 nitrogen and oxygen atoms in total. The van der Waals surface area contributed by atoms with E-state index in [-0.39, 0.29) is 23.5 Å². The van der Waals surface area contributed by atoms with Crippen molar-refractivity contribution < 1.29 is 14.5 Å². The lowest BCUT2D eigenvalue weighted by Gasteiger charge is -2.38. The molecule has 1 aromatic rings. The van der Waals surface area contributed by atoms with Crippen molar-refractivity contribution in [1.29, 1.82) is 0 Å². The molecule has 2 amide bonds. The van der Waals surface area contributed by atoms with E-state index >= 15 is 0 Å². The quantitative estimate of drug-likeness (QED) is 0.588. The molecular formula is C20H29N5O4. The summed E-state index contributed by atoms with van der Waals surface area (Å²) in [5.41, 5.74) is 6.44. The van der Waals surface area contributed by atoms with E-state index in [9.17, 15) is 19.7 Å². The average molecular weight is 403 g/mol. The lowest BCUT2D eigenvalue weighted by Crippen LogP contribution is -2.54. The average Bonchev–Trinajstić information content (AvgIpc) is 2.73. The van der Waals surface area contributed by atoms with Crippen LogP contribution in [0.25, 0.3) is 0 Å². The van der Waals surface area contributed by atoms with Gasteiger partial charge in [0.25, 0.3) is 11.6 Å². The Hall–Kier alpha value is -2.68. The minimum atomic E-state index is -0.467. The van der Waals surface area contributed by atoms with Gasteiger partial charge in [0.2, 0.25) is 5.91 Å². The molecule has 29 heavy (non-hydrogen) atoms. The second kappa shape index (κ2) is 8.77. The van der Waals surface area contributed by atoms with Gasteiger partial charge in [-0.15, -0.1) is 0 Å². The molecule has 0 saturated carbocycles. The van der Waals surface area contributed by atoms with Gasteiger partial charge in [0.1, 0.15) is 0 Å². The molecule has 2 aliphatic heterocycles. The summed E-state index contributed by atoms with van der Waals surface area (Å²) in [4.78, 5) is 41.3. The fourth-order valence-electron chi connectivity index (χ4n) is 4.00. The number of hydrogen-bond acceptors (Lipinski definition) is 6. The number of carbonyl (C=O) groups is 2. The summed E-state index contributed by atoms with van der Waals surface area (Å²) in [5.74, 6) is 0.0579. The number of nitro groups is 1. The highest BCUT2D eigenvalue weighted by Gasteiger charge is 2.30. The first kappa shape index (κ1) is 21.0. The molecule has 0 aliphatic carbocycles. The minimum Gasteiger partial charge on any atom is -0.371 e. The number of hydrogen-bond donors (Lipinski definition) is 1. The maximum Gasteiger partial charge on any atom is 0.270 e. The molecule has 3 rings (SSSR count). The van der Waals surface area contributed by atoms with Crippen molar-refractivity contribution in [3.05, 3.63) is 33.9 Å². The van der Waals surface area contributed by atoms with Crippen molar-refractivity contribution in [1.82, 2.24) is 9.80 Å². The topological polar surface area (TPSA) is 113 Å². The molecule has 2 N–H and O–H groups in total. The third-order valence-electron chi connectivity index (χ3n) is 6.11. The van der Waals surface area contributed by atoms with Crippen LogP contribution in [0.1, 0.15) is 37.0 Å². The highest BCUT2D eigenvalue weighted by atomic mass is 16.6. The number of nitrogens with two attached hydrogens (primary N) is 1. The lowest BCUT2D eigenvalue weighted by atomic mass is 9.97. The number of primary amides is 1. The van der Waals surface area contributed by atoms with Crippen LogP contribution in [0.4, 0.5) is 11.4 Å². The van der Waals surface area contributed by atoms with Crippen LogP contribution in [0.2, 0.25) is 0 Å². The molecule has 0 radical (unpaired) electrons. The van der Waals surface area contributed by atoms with Crippen molar-refractivity contribution >= 4 is 23.2 Å². The fraction of sp³-hybridized carbons (Fsp3) is 0.600. The van der Waals surface area contributed by atoms with Crippen molar-refractivity contribution in [2.75, 3.05) is 44.2 Å². The summed E-state index contributed by atoms with van der Waals surface area (Å²) in [5, 5.41) is 11.3. The standard InChI is InChI=1S/C20H29N5O4/c1-14-5-7-23(8-6-14)18-4-3-16(25(28)29)13-17(18)20(27)24-11-9-22(10-12-24)15(2)19(21)26/h3-4,13-15H,5-12H2,1-2H3,(H2,21,26). The van der Waals surface area contributed by atoms with E-state index < -0.39 is 4.92 Å². The largest absolute Gasteiger partial charge is 0.371 e. The normalized spacial score (nSPS) is 19.8. The summed E-state index contributed by atoms with van der Waals surface area (Å²) in [6.07, 6.45) is 2.07. The Morgan fingerprint density at radius 2 is 1.76 bits per heavy atom. The van der Waals surface area contributed by atoms with Gasteiger partial charge in [-0.2, -0.15) is 0 Å². The van der Waals surface area contributed by atoms with E-state index in [4.69, 9.17) is 5.73 Å². The molecule has 158 valence electrons. The second-order valence-corrected chi connectivity index (χ2v) is 8.03. The van der Waals surface area contributed by atoms with Crippen LogP contribution >= 0.6 is 0 Å². The van der Waals surface area contributed by atoms with Gasteiger partial charge < -0.3 is 15.5 Å². The van der Waals surface area contributed by atoms with Gasteiger partial charge in [0.05, 0.1) is 22.2 Å². The van der Waals surface area contributed by atoms with E-state index in [1.807, 2.05) is 4.90 Å². The number of nitrogens with zero attached hydrogens (tertiary/aromatic N) is 4. The number of anilines is 1. The van der Waals surface area contributed by atoms with Gasteiger partial charge in [-0.1, -0.05) is 6.92 Å². The number of amides is 2. The summed E-state index contributed by atoms with van der Waals surface area (Å²) in [6.45, 7) is 7.64. The monoisotopic (exact) mass is 403 g/mol. The lowest BCUT2D eigenvalue weighted by molar-refractivity contribution is -0.384. The Balaban J connectivity index is 1.80. The van der Waals surface area contributed by atoms with Gasteiger partial charge in [-0.05, 0) is 31.7 Å². The van der Waals surface area contributed by atoms with Crippen LogP contribution in [0.5, 0.6) is 0 Å². The first-order valence-electron chi connectivity index (χ1n) is 10.1. The van der Waals surface area contributed by atoms with E-state index in [0.29, 0.717) is 37.7 Å². The molecule has 2 fully saturated rings. The molecule has 1 unspecified atom stereocenters. The number of piperidine rings is 1. The number of non-ortho nitro benzene ring substituents is 1.